The highest BCUT2D eigenvalue weighted by molar-refractivity contribution is 4.81. The molecule has 0 amide bonds. The van der Waals surface area contributed by atoms with Crippen molar-refractivity contribution in [1.82, 2.24) is 0 Å². The molecule has 1 N–H and O–H groups in total. The Morgan fingerprint density at radius 3 is 1.77 bits per heavy atom. The minimum absolute atomic E-state index is 0.227. The van der Waals surface area contributed by atoms with Crippen molar-refractivity contribution in [2.75, 3.05) is 40.6 Å². The number of nitrogens with zero attached hydrogens (tertiary/aromatic N) is 1. The average molecular weight is 371 g/mol. The molecule has 26 heavy (non-hydrogen) atoms. The van der Waals surface area contributed by atoms with Crippen molar-refractivity contribution >= 4 is 0 Å². The molecule has 0 saturated heterocycles. The molecule has 0 atom stereocenters. The van der Waals surface area contributed by atoms with Crippen molar-refractivity contribution in [3.63, 3.8) is 0 Å². The number of allylic oxidation sites excluding steroid dienone is 2. The zero-order valence-corrected chi connectivity index (χ0v) is 18.2. The Kier molecular flexibility index (Phi) is 19.1. The van der Waals surface area contributed by atoms with Gasteiger partial charge in [0.1, 0.15) is 6.54 Å². The highest BCUT2D eigenvalue weighted by atomic mass is 16.5. The molecule has 3 heteroatoms. The molecule has 0 rings (SSSR count). The van der Waals surface area contributed by atoms with Gasteiger partial charge in [0.05, 0.1) is 27.3 Å². The maximum Gasteiger partial charge on any atom is 0.182 e. The van der Waals surface area contributed by atoms with Crippen LogP contribution >= 0.6 is 0 Å². The molecule has 0 spiro atoms. The number of hydrogen-bond acceptors (Lipinski definition) is 2. The van der Waals surface area contributed by atoms with Gasteiger partial charge >= 0.3 is 0 Å². The predicted octanol–water partition coefficient (Wildman–Crippen LogP) is 6.07. The van der Waals surface area contributed by atoms with Crippen molar-refractivity contribution in [3.8, 4) is 0 Å². The number of rotatable bonds is 20. The molecule has 0 fully saturated rings. The second-order valence-electron chi connectivity index (χ2n) is 8.36. The minimum atomic E-state index is 0.227. The van der Waals surface area contributed by atoms with E-state index in [-0.39, 0.29) is 6.61 Å². The summed E-state index contributed by atoms with van der Waals surface area (Å²) in [5.74, 6) is 0. The smallest absolute Gasteiger partial charge is 0.182 e. The first-order valence-electron chi connectivity index (χ1n) is 11.3. The molecular formula is C23H48NO2+. The first kappa shape index (κ1) is 25.6. The van der Waals surface area contributed by atoms with Gasteiger partial charge in [0.15, 0.2) is 6.73 Å². The van der Waals surface area contributed by atoms with Crippen molar-refractivity contribution in [3.05, 3.63) is 12.2 Å². The number of aliphatic hydroxyl groups is 1. The molecule has 0 aliphatic heterocycles. The van der Waals surface area contributed by atoms with Crippen LogP contribution in [0.4, 0.5) is 0 Å². The van der Waals surface area contributed by atoms with Gasteiger partial charge in [-0.05, 0) is 32.1 Å². The molecule has 3 nitrogen and oxygen atoms in total. The second kappa shape index (κ2) is 19.4. The van der Waals surface area contributed by atoms with Gasteiger partial charge in [0.25, 0.3) is 0 Å². The lowest BCUT2D eigenvalue weighted by molar-refractivity contribution is -0.910. The molecule has 0 aromatic carbocycles. The number of likely N-dealkylation sites (N-methyl/N-ethyl adjacent to an activating group) is 1. The highest BCUT2D eigenvalue weighted by Gasteiger charge is 2.13. The molecule has 156 valence electrons. The Bertz CT molecular complexity index is 303. The maximum atomic E-state index is 8.98. The summed E-state index contributed by atoms with van der Waals surface area (Å²) in [7, 11) is 4.19. The third kappa shape index (κ3) is 19.9. The van der Waals surface area contributed by atoms with Gasteiger partial charge in [0.2, 0.25) is 0 Å². The first-order chi connectivity index (χ1) is 12.6. The lowest BCUT2D eigenvalue weighted by Gasteiger charge is -2.28. The van der Waals surface area contributed by atoms with Gasteiger partial charge in [-0.3, -0.25) is 0 Å². The molecule has 0 saturated carbocycles. The van der Waals surface area contributed by atoms with Gasteiger partial charge in [-0.15, -0.1) is 0 Å². The van der Waals surface area contributed by atoms with Gasteiger partial charge in [-0.25, -0.2) is 0 Å². The Balaban J connectivity index is 3.18. The summed E-state index contributed by atoms with van der Waals surface area (Å²) >= 11 is 0. The van der Waals surface area contributed by atoms with E-state index in [9.17, 15) is 0 Å². The van der Waals surface area contributed by atoms with Crippen LogP contribution in [0.25, 0.3) is 0 Å². The fourth-order valence-corrected chi connectivity index (χ4v) is 3.10. The van der Waals surface area contributed by atoms with Gasteiger partial charge in [-0.1, -0.05) is 76.9 Å². The number of aliphatic hydroxyl groups excluding tert-OH is 1. The minimum Gasteiger partial charge on any atom is -0.391 e. The summed E-state index contributed by atoms with van der Waals surface area (Å²) in [5.41, 5.74) is 0. The summed E-state index contributed by atoms with van der Waals surface area (Å²) < 4.78 is 6.46. The SMILES string of the molecule is CCCCCCCC/C=C\CCCCCCCCOC[N+](C)(C)CCO. The third-order valence-corrected chi connectivity index (χ3v) is 4.95. The Hall–Kier alpha value is -0.380. The van der Waals surface area contributed by atoms with E-state index in [1.165, 1.54) is 83.5 Å². The number of ether oxygens (including phenoxy) is 1. The Morgan fingerprint density at radius 1 is 0.731 bits per heavy atom. The van der Waals surface area contributed by atoms with E-state index in [0.717, 1.165) is 24.1 Å². The van der Waals surface area contributed by atoms with Crippen LogP contribution in [0.2, 0.25) is 0 Å². The summed E-state index contributed by atoms with van der Waals surface area (Å²) in [6.45, 7) is 4.82. The van der Waals surface area contributed by atoms with Crippen LogP contribution in [0.3, 0.4) is 0 Å². The summed E-state index contributed by atoms with van der Waals surface area (Å²) in [6.07, 6.45) is 23.6. The van der Waals surface area contributed by atoms with Crippen LogP contribution in [0.5, 0.6) is 0 Å². The summed E-state index contributed by atoms with van der Waals surface area (Å²) in [4.78, 5) is 0. The normalized spacial score (nSPS) is 12.3. The van der Waals surface area contributed by atoms with Crippen LogP contribution in [0.15, 0.2) is 12.2 Å². The van der Waals surface area contributed by atoms with E-state index in [1.807, 2.05) is 0 Å². The van der Waals surface area contributed by atoms with Crippen LogP contribution in [0, 0.1) is 0 Å². The van der Waals surface area contributed by atoms with E-state index in [1.54, 1.807) is 0 Å². The zero-order valence-electron chi connectivity index (χ0n) is 18.2. The molecule has 0 aromatic rings. The molecule has 0 bridgehead atoms. The predicted molar refractivity (Wildman–Crippen MR) is 114 cm³/mol. The van der Waals surface area contributed by atoms with Gasteiger partial charge in [-0.2, -0.15) is 0 Å². The number of quaternary nitrogens is 1. The lowest BCUT2D eigenvalue weighted by atomic mass is 10.1. The quantitative estimate of drug-likeness (QED) is 0.122. The summed E-state index contributed by atoms with van der Waals surface area (Å²) in [5, 5.41) is 8.98. The van der Waals surface area contributed by atoms with Crippen LogP contribution < -0.4 is 0 Å². The maximum absolute atomic E-state index is 8.98. The standard InChI is InChI=1S/C23H48NO2/c1-4-5-6-7-8-9-10-11-12-13-14-15-16-17-18-19-22-26-23-24(2,3)20-21-25/h11-12,25H,4-10,13-23H2,1-3H3/q+1/b12-11-. The monoisotopic (exact) mass is 370 g/mol. The van der Waals surface area contributed by atoms with E-state index >= 15 is 0 Å². The van der Waals surface area contributed by atoms with E-state index in [2.05, 4.69) is 33.2 Å². The van der Waals surface area contributed by atoms with Gasteiger partial charge < -0.3 is 14.3 Å². The van der Waals surface area contributed by atoms with Crippen LogP contribution in [-0.2, 0) is 4.74 Å². The molecule has 0 aromatic heterocycles. The fraction of sp³-hybridized carbons (Fsp3) is 0.913. The van der Waals surface area contributed by atoms with Crippen LogP contribution in [0.1, 0.15) is 96.8 Å². The number of unbranched alkanes of at least 4 members (excludes halogenated alkanes) is 12. The van der Waals surface area contributed by atoms with Crippen molar-refractivity contribution in [1.29, 1.82) is 0 Å². The summed E-state index contributed by atoms with van der Waals surface area (Å²) in [6, 6.07) is 0. The highest BCUT2D eigenvalue weighted by Crippen LogP contribution is 2.10. The Morgan fingerprint density at radius 2 is 1.23 bits per heavy atom. The van der Waals surface area contributed by atoms with Crippen molar-refractivity contribution in [2.45, 2.75) is 96.8 Å². The third-order valence-electron chi connectivity index (χ3n) is 4.95. The van der Waals surface area contributed by atoms with Crippen molar-refractivity contribution < 1.29 is 14.3 Å². The lowest BCUT2D eigenvalue weighted by Crippen LogP contribution is -2.43. The average Bonchev–Trinajstić information content (AvgIpc) is 2.60. The Labute approximate surface area is 164 Å². The topological polar surface area (TPSA) is 29.5 Å². The van der Waals surface area contributed by atoms with Crippen LogP contribution in [-0.4, -0.2) is 50.2 Å². The zero-order chi connectivity index (χ0) is 19.3. The van der Waals surface area contributed by atoms with Gasteiger partial charge in [0, 0.05) is 0 Å². The fourth-order valence-electron chi connectivity index (χ4n) is 3.10. The van der Waals surface area contributed by atoms with E-state index in [4.69, 9.17) is 9.84 Å². The largest absolute Gasteiger partial charge is 0.391 e. The van der Waals surface area contributed by atoms with E-state index in [0.29, 0.717) is 6.73 Å². The number of hydrogen-bond donors (Lipinski definition) is 1. The molecular weight excluding hydrogens is 322 g/mol. The second-order valence-corrected chi connectivity index (χ2v) is 8.36. The molecule has 0 unspecified atom stereocenters. The van der Waals surface area contributed by atoms with E-state index < -0.39 is 0 Å². The first-order valence-corrected chi connectivity index (χ1v) is 11.3. The molecule has 0 aliphatic carbocycles. The molecule has 0 heterocycles. The molecule has 0 aliphatic rings. The molecule has 0 radical (unpaired) electrons. The van der Waals surface area contributed by atoms with Crippen molar-refractivity contribution in [2.24, 2.45) is 0 Å².